The molecule has 0 saturated carbocycles. The lowest BCUT2D eigenvalue weighted by atomic mass is 10.0. The predicted molar refractivity (Wildman–Crippen MR) is 170 cm³/mol. The second-order valence-corrected chi connectivity index (χ2v) is 12.8. The van der Waals surface area contributed by atoms with Crippen LogP contribution in [0.15, 0.2) is 0 Å². The molecule has 0 aliphatic rings. The van der Waals surface area contributed by atoms with Gasteiger partial charge < -0.3 is 15.5 Å². The fourth-order valence-corrected chi connectivity index (χ4v) is 5.54. The Morgan fingerprint density at radius 1 is 0.564 bits per heavy atom. The van der Waals surface area contributed by atoms with Gasteiger partial charge in [0.1, 0.15) is 0 Å². The Morgan fingerprint density at radius 2 is 0.923 bits per heavy atom. The molecule has 3 N–H and O–H groups in total. The second-order valence-electron chi connectivity index (χ2n) is 12.8. The third kappa shape index (κ3) is 28.7. The van der Waals surface area contributed by atoms with Crippen molar-refractivity contribution in [2.75, 3.05) is 6.61 Å². The number of aliphatic hydroxyl groups excluding tert-OH is 2. The van der Waals surface area contributed by atoms with Gasteiger partial charge in [0.25, 0.3) is 0 Å². The molecule has 2 atom stereocenters. The molecule has 0 rings (SSSR count). The van der Waals surface area contributed by atoms with Crippen molar-refractivity contribution in [3.63, 3.8) is 0 Å². The monoisotopic (exact) mass is 554 g/mol. The number of hydrogen-bond donors (Lipinski definition) is 3. The molecule has 4 heteroatoms. The average molecular weight is 554 g/mol. The van der Waals surface area contributed by atoms with Gasteiger partial charge in [0.2, 0.25) is 5.91 Å². The van der Waals surface area contributed by atoms with Crippen molar-refractivity contribution in [1.82, 2.24) is 5.32 Å². The van der Waals surface area contributed by atoms with Crippen LogP contribution in [0, 0.1) is 5.92 Å². The first-order chi connectivity index (χ1) is 19.0. The van der Waals surface area contributed by atoms with E-state index in [9.17, 15) is 15.0 Å². The van der Waals surface area contributed by atoms with Crippen LogP contribution in [0.5, 0.6) is 0 Å². The minimum Gasteiger partial charge on any atom is -0.394 e. The lowest BCUT2D eigenvalue weighted by Gasteiger charge is -2.22. The van der Waals surface area contributed by atoms with Crippen molar-refractivity contribution in [3.05, 3.63) is 0 Å². The van der Waals surface area contributed by atoms with Gasteiger partial charge in [-0.05, 0) is 18.8 Å². The largest absolute Gasteiger partial charge is 0.394 e. The zero-order valence-corrected chi connectivity index (χ0v) is 26.8. The zero-order chi connectivity index (χ0) is 28.8. The number of aliphatic hydroxyl groups is 2. The van der Waals surface area contributed by atoms with E-state index in [-0.39, 0.29) is 12.5 Å². The average Bonchev–Trinajstić information content (AvgIpc) is 2.92. The summed E-state index contributed by atoms with van der Waals surface area (Å²) in [6.07, 6.45) is 32.9. The molecule has 1 amide bonds. The third-order valence-corrected chi connectivity index (χ3v) is 8.30. The lowest BCUT2D eigenvalue weighted by Crippen LogP contribution is -2.45. The van der Waals surface area contributed by atoms with Crippen LogP contribution in [0.2, 0.25) is 0 Å². The summed E-state index contributed by atoms with van der Waals surface area (Å²) in [5.41, 5.74) is 0. The van der Waals surface area contributed by atoms with Gasteiger partial charge in [0, 0.05) is 6.42 Å². The summed E-state index contributed by atoms with van der Waals surface area (Å²) in [7, 11) is 0. The SMILES string of the molecule is CCCCCCCCCCCCCCCCCC(=O)N[C@@H](CO)[C@H](O)CCCCCCCCCCCC(C)C. The van der Waals surface area contributed by atoms with Crippen molar-refractivity contribution in [2.45, 2.75) is 206 Å². The molecule has 0 saturated heterocycles. The second kappa shape index (κ2) is 30.4. The number of unbranched alkanes of at least 4 members (excludes halogenated alkanes) is 22. The molecule has 0 unspecified atom stereocenters. The van der Waals surface area contributed by atoms with Crippen LogP contribution in [0.4, 0.5) is 0 Å². The maximum Gasteiger partial charge on any atom is 0.220 e. The van der Waals surface area contributed by atoms with E-state index in [4.69, 9.17) is 0 Å². The maximum atomic E-state index is 12.3. The highest BCUT2D eigenvalue weighted by atomic mass is 16.3. The molecule has 234 valence electrons. The number of nitrogens with one attached hydrogen (secondary N) is 1. The molecule has 0 aromatic carbocycles. The molecule has 0 fully saturated rings. The summed E-state index contributed by atoms with van der Waals surface area (Å²) < 4.78 is 0. The summed E-state index contributed by atoms with van der Waals surface area (Å²) in [5, 5.41) is 23.0. The molecular formula is C35H71NO3. The lowest BCUT2D eigenvalue weighted by molar-refractivity contribution is -0.123. The van der Waals surface area contributed by atoms with E-state index in [0.717, 1.165) is 31.6 Å². The van der Waals surface area contributed by atoms with Gasteiger partial charge in [-0.3, -0.25) is 4.79 Å². The first-order valence-corrected chi connectivity index (χ1v) is 17.6. The van der Waals surface area contributed by atoms with Gasteiger partial charge in [-0.25, -0.2) is 0 Å². The van der Waals surface area contributed by atoms with Crippen LogP contribution >= 0.6 is 0 Å². The fourth-order valence-electron chi connectivity index (χ4n) is 5.54. The van der Waals surface area contributed by atoms with E-state index in [1.165, 1.54) is 135 Å². The highest BCUT2D eigenvalue weighted by molar-refractivity contribution is 5.76. The fraction of sp³-hybridized carbons (Fsp3) is 0.971. The van der Waals surface area contributed by atoms with Crippen LogP contribution in [-0.2, 0) is 4.79 Å². The standard InChI is InChI=1S/C35H71NO3/c1-4-5-6-7-8-9-10-11-12-13-14-18-21-24-27-30-35(39)36-33(31-37)34(38)29-26-23-20-17-15-16-19-22-25-28-32(2)3/h32-34,37-38H,4-31H2,1-3H3,(H,36,39)/t33-,34+/m0/s1. The Balaban J connectivity index is 3.54. The van der Waals surface area contributed by atoms with Crippen molar-refractivity contribution in [2.24, 2.45) is 5.92 Å². The summed E-state index contributed by atoms with van der Waals surface area (Å²) in [6, 6.07) is -0.528. The molecule has 39 heavy (non-hydrogen) atoms. The Bertz CT molecular complexity index is 496. The Labute approximate surface area is 244 Å². The van der Waals surface area contributed by atoms with E-state index in [1.54, 1.807) is 0 Å². The molecule has 0 aliphatic carbocycles. The Kier molecular flexibility index (Phi) is 29.9. The van der Waals surface area contributed by atoms with E-state index in [1.807, 2.05) is 0 Å². The van der Waals surface area contributed by atoms with Crippen molar-refractivity contribution in [3.8, 4) is 0 Å². The zero-order valence-electron chi connectivity index (χ0n) is 26.8. The van der Waals surface area contributed by atoms with E-state index in [0.29, 0.717) is 12.8 Å². The molecule has 0 radical (unpaired) electrons. The molecular weight excluding hydrogens is 482 g/mol. The quantitative estimate of drug-likeness (QED) is 0.0748. The van der Waals surface area contributed by atoms with Gasteiger partial charge >= 0.3 is 0 Å². The van der Waals surface area contributed by atoms with Gasteiger partial charge in [-0.1, -0.05) is 175 Å². The minimum absolute atomic E-state index is 0.0313. The van der Waals surface area contributed by atoms with Gasteiger partial charge in [0.15, 0.2) is 0 Å². The molecule has 0 aromatic heterocycles. The molecule has 0 spiro atoms. The van der Waals surface area contributed by atoms with Crippen LogP contribution < -0.4 is 5.32 Å². The topological polar surface area (TPSA) is 69.6 Å². The smallest absolute Gasteiger partial charge is 0.220 e. The molecule has 0 aliphatic heterocycles. The van der Waals surface area contributed by atoms with Gasteiger partial charge in [-0.15, -0.1) is 0 Å². The summed E-state index contributed by atoms with van der Waals surface area (Å²) >= 11 is 0. The van der Waals surface area contributed by atoms with Crippen molar-refractivity contribution >= 4 is 5.91 Å². The predicted octanol–water partition coefficient (Wildman–Crippen LogP) is 10.0. The minimum atomic E-state index is -0.652. The number of carbonyl (C=O) groups is 1. The third-order valence-electron chi connectivity index (χ3n) is 8.30. The Hall–Kier alpha value is -0.610. The highest BCUT2D eigenvalue weighted by Gasteiger charge is 2.19. The van der Waals surface area contributed by atoms with E-state index >= 15 is 0 Å². The maximum absolute atomic E-state index is 12.3. The summed E-state index contributed by atoms with van der Waals surface area (Å²) in [6.45, 7) is 6.69. The number of hydrogen-bond acceptors (Lipinski definition) is 3. The van der Waals surface area contributed by atoms with Crippen LogP contribution in [-0.4, -0.2) is 34.9 Å². The number of amides is 1. The van der Waals surface area contributed by atoms with Crippen LogP contribution in [0.3, 0.4) is 0 Å². The van der Waals surface area contributed by atoms with Gasteiger partial charge in [0.05, 0.1) is 18.8 Å². The first kappa shape index (κ1) is 38.4. The van der Waals surface area contributed by atoms with Crippen LogP contribution in [0.1, 0.15) is 194 Å². The molecule has 0 aromatic rings. The van der Waals surface area contributed by atoms with Gasteiger partial charge in [-0.2, -0.15) is 0 Å². The summed E-state index contributed by atoms with van der Waals surface area (Å²) in [5.74, 6) is 0.800. The number of rotatable bonds is 31. The molecule has 4 nitrogen and oxygen atoms in total. The molecule has 0 heterocycles. The highest BCUT2D eigenvalue weighted by Crippen LogP contribution is 2.16. The van der Waals surface area contributed by atoms with Crippen molar-refractivity contribution in [1.29, 1.82) is 0 Å². The van der Waals surface area contributed by atoms with E-state index < -0.39 is 12.1 Å². The first-order valence-electron chi connectivity index (χ1n) is 17.6. The summed E-state index contributed by atoms with van der Waals surface area (Å²) in [4.78, 5) is 12.3. The van der Waals surface area contributed by atoms with Crippen LogP contribution in [0.25, 0.3) is 0 Å². The molecule has 0 bridgehead atoms. The normalized spacial score (nSPS) is 13.2. The Morgan fingerprint density at radius 3 is 1.31 bits per heavy atom. The van der Waals surface area contributed by atoms with E-state index in [2.05, 4.69) is 26.1 Å². The van der Waals surface area contributed by atoms with Crippen molar-refractivity contribution < 1.29 is 15.0 Å². The number of carbonyl (C=O) groups excluding carboxylic acids is 1.